The highest BCUT2D eigenvalue weighted by atomic mass is 32.1. The number of hydrogen-bond donors (Lipinski definition) is 1. The molecule has 0 aliphatic heterocycles. The SMILES string of the molecule is CCCCCCCCCc1nc(CCC)sc1N. The lowest BCUT2D eigenvalue weighted by atomic mass is 10.1. The molecular formula is C15H28N2S. The maximum Gasteiger partial charge on any atom is 0.109 e. The van der Waals surface area contributed by atoms with Gasteiger partial charge in [-0.1, -0.05) is 52.4 Å². The fourth-order valence-corrected chi connectivity index (χ4v) is 3.15. The Balaban J connectivity index is 2.14. The van der Waals surface area contributed by atoms with Gasteiger partial charge in [0.2, 0.25) is 0 Å². The van der Waals surface area contributed by atoms with Gasteiger partial charge in [0.15, 0.2) is 0 Å². The minimum Gasteiger partial charge on any atom is -0.389 e. The number of hydrogen-bond acceptors (Lipinski definition) is 3. The Morgan fingerprint density at radius 1 is 0.889 bits per heavy atom. The zero-order valence-corrected chi connectivity index (χ0v) is 12.8. The van der Waals surface area contributed by atoms with Gasteiger partial charge in [-0.05, 0) is 25.7 Å². The molecule has 18 heavy (non-hydrogen) atoms. The molecule has 1 aromatic rings. The maximum absolute atomic E-state index is 6.01. The number of anilines is 1. The monoisotopic (exact) mass is 268 g/mol. The summed E-state index contributed by atoms with van der Waals surface area (Å²) in [5.41, 5.74) is 7.16. The van der Waals surface area contributed by atoms with Crippen LogP contribution in [0, 0.1) is 0 Å². The fourth-order valence-electron chi connectivity index (χ4n) is 2.16. The van der Waals surface area contributed by atoms with E-state index in [1.54, 1.807) is 11.3 Å². The minimum atomic E-state index is 0.949. The molecule has 1 rings (SSSR count). The highest BCUT2D eigenvalue weighted by Gasteiger charge is 2.07. The van der Waals surface area contributed by atoms with Gasteiger partial charge in [0.25, 0.3) is 0 Å². The van der Waals surface area contributed by atoms with Crippen LogP contribution in [0.5, 0.6) is 0 Å². The van der Waals surface area contributed by atoms with E-state index in [0.717, 1.165) is 30.0 Å². The van der Waals surface area contributed by atoms with Crippen molar-refractivity contribution in [3.05, 3.63) is 10.7 Å². The molecule has 0 unspecified atom stereocenters. The van der Waals surface area contributed by atoms with E-state index in [1.807, 2.05) is 0 Å². The Labute approximate surface area is 116 Å². The Kier molecular flexibility index (Phi) is 8.06. The maximum atomic E-state index is 6.01. The Morgan fingerprint density at radius 2 is 1.56 bits per heavy atom. The number of aryl methyl sites for hydroxylation is 2. The normalized spacial score (nSPS) is 11.0. The van der Waals surface area contributed by atoms with Gasteiger partial charge >= 0.3 is 0 Å². The molecular weight excluding hydrogens is 240 g/mol. The van der Waals surface area contributed by atoms with Crippen molar-refractivity contribution in [2.75, 3.05) is 5.73 Å². The van der Waals surface area contributed by atoms with E-state index >= 15 is 0 Å². The first-order chi connectivity index (χ1) is 8.77. The van der Waals surface area contributed by atoms with Gasteiger partial charge in [0.05, 0.1) is 10.7 Å². The lowest BCUT2D eigenvalue weighted by Gasteiger charge is -2.00. The van der Waals surface area contributed by atoms with Gasteiger partial charge in [0, 0.05) is 0 Å². The second kappa shape index (κ2) is 9.37. The first-order valence-electron chi connectivity index (χ1n) is 7.52. The van der Waals surface area contributed by atoms with Crippen molar-refractivity contribution < 1.29 is 0 Å². The fraction of sp³-hybridized carbons (Fsp3) is 0.800. The van der Waals surface area contributed by atoms with Crippen LogP contribution < -0.4 is 5.73 Å². The topological polar surface area (TPSA) is 38.9 Å². The zero-order valence-electron chi connectivity index (χ0n) is 12.0. The van der Waals surface area contributed by atoms with Crippen LogP contribution in [0.3, 0.4) is 0 Å². The average Bonchev–Trinajstić information content (AvgIpc) is 2.69. The van der Waals surface area contributed by atoms with Gasteiger partial charge in [-0.2, -0.15) is 0 Å². The molecule has 0 atom stereocenters. The van der Waals surface area contributed by atoms with E-state index in [9.17, 15) is 0 Å². The highest BCUT2D eigenvalue weighted by Crippen LogP contribution is 2.24. The largest absolute Gasteiger partial charge is 0.389 e. The molecule has 0 bridgehead atoms. The van der Waals surface area contributed by atoms with Crippen molar-refractivity contribution in [3.8, 4) is 0 Å². The molecule has 0 amide bonds. The summed E-state index contributed by atoms with van der Waals surface area (Å²) in [5.74, 6) is 0. The molecule has 0 aliphatic carbocycles. The predicted molar refractivity (Wildman–Crippen MR) is 82.2 cm³/mol. The van der Waals surface area contributed by atoms with Crippen LogP contribution in [-0.2, 0) is 12.8 Å². The van der Waals surface area contributed by atoms with E-state index < -0.39 is 0 Å². The molecule has 1 heterocycles. The smallest absolute Gasteiger partial charge is 0.109 e. The second-order valence-corrected chi connectivity index (χ2v) is 6.16. The number of nitrogen functional groups attached to an aromatic ring is 1. The molecule has 0 aromatic carbocycles. The lowest BCUT2D eigenvalue weighted by Crippen LogP contribution is -1.92. The summed E-state index contributed by atoms with van der Waals surface area (Å²) in [4.78, 5) is 4.64. The van der Waals surface area contributed by atoms with Gasteiger partial charge < -0.3 is 5.73 Å². The van der Waals surface area contributed by atoms with E-state index in [4.69, 9.17) is 5.73 Å². The molecule has 0 saturated heterocycles. The highest BCUT2D eigenvalue weighted by molar-refractivity contribution is 7.15. The van der Waals surface area contributed by atoms with Gasteiger partial charge in [-0.25, -0.2) is 4.98 Å². The second-order valence-electron chi connectivity index (χ2n) is 5.04. The van der Waals surface area contributed by atoms with Crippen LogP contribution in [0.1, 0.15) is 75.9 Å². The summed E-state index contributed by atoms with van der Waals surface area (Å²) in [6.07, 6.45) is 12.7. The van der Waals surface area contributed by atoms with Crippen molar-refractivity contribution in [1.82, 2.24) is 4.98 Å². The van der Waals surface area contributed by atoms with E-state index in [-0.39, 0.29) is 0 Å². The van der Waals surface area contributed by atoms with Gasteiger partial charge in [-0.15, -0.1) is 11.3 Å². The zero-order chi connectivity index (χ0) is 13.2. The molecule has 0 aliphatic rings. The number of unbranched alkanes of at least 4 members (excludes halogenated alkanes) is 6. The first kappa shape index (κ1) is 15.5. The average molecular weight is 268 g/mol. The van der Waals surface area contributed by atoms with Crippen molar-refractivity contribution >= 4 is 16.3 Å². The van der Waals surface area contributed by atoms with Crippen molar-refractivity contribution in [1.29, 1.82) is 0 Å². The molecule has 0 radical (unpaired) electrons. The first-order valence-corrected chi connectivity index (χ1v) is 8.33. The van der Waals surface area contributed by atoms with Crippen LogP contribution >= 0.6 is 11.3 Å². The van der Waals surface area contributed by atoms with Crippen LogP contribution in [0.25, 0.3) is 0 Å². The van der Waals surface area contributed by atoms with Crippen molar-refractivity contribution in [2.45, 2.75) is 78.1 Å². The minimum absolute atomic E-state index is 0.949. The third-order valence-corrected chi connectivity index (χ3v) is 4.24. The summed E-state index contributed by atoms with van der Waals surface area (Å²) in [6, 6.07) is 0. The van der Waals surface area contributed by atoms with Crippen LogP contribution in [0.15, 0.2) is 0 Å². The molecule has 104 valence electrons. The Hall–Kier alpha value is -0.570. The summed E-state index contributed by atoms with van der Waals surface area (Å²) >= 11 is 1.68. The molecule has 1 aromatic heterocycles. The Morgan fingerprint density at radius 3 is 2.22 bits per heavy atom. The summed E-state index contributed by atoms with van der Waals surface area (Å²) < 4.78 is 0. The summed E-state index contributed by atoms with van der Waals surface area (Å²) in [7, 11) is 0. The van der Waals surface area contributed by atoms with Crippen LogP contribution in [-0.4, -0.2) is 4.98 Å². The van der Waals surface area contributed by atoms with E-state index in [2.05, 4.69) is 18.8 Å². The molecule has 0 spiro atoms. The molecule has 2 nitrogen and oxygen atoms in total. The molecule has 3 heteroatoms. The van der Waals surface area contributed by atoms with Gasteiger partial charge in [-0.3, -0.25) is 0 Å². The van der Waals surface area contributed by atoms with Gasteiger partial charge in [0.1, 0.15) is 5.00 Å². The molecule has 0 fully saturated rings. The van der Waals surface area contributed by atoms with Crippen molar-refractivity contribution in [2.24, 2.45) is 0 Å². The van der Waals surface area contributed by atoms with Crippen LogP contribution in [0.2, 0.25) is 0 Å². The van der Waals surface area contributed by atoms with E-state index in [0.29, 0.717) is 0 Å². The molecule has 2 N–H and O–H groups in total. The quantitative estimate of drug-likeness (QED) is 0.608. The number of nitrogens with zero attached hydrogens (tertiary/aromatic N) is 1. The third-order valence-electron chi connectivity index (χ3n) is 3.25. The summed E-state index contributed by atoms with van der Waals surface area (Å²) in [5, 5.41) is 2.16. The number of nitrogens with two attached hydrogens (primary N) is 1. The lowest BCUT2D eigenvalue weighted by molar-refractivity contribution is 0.587. The van der Waals surface area contributed by atoms with Crippen molar-refractivity contribution in [3.63, 3.8) is 0 Å². The Bertz CT molecular complexity index is 320. The third kappa shape index (κ3) is 5.85. The predicted octanol–water partition coefficient (Wildman–Crippen LogP) is 4.97. The van der Waals surface area contributed by atoms with Crippen LogP contribution in [0.4, 0.5) is 5.00 Å². The molecule has 0 saturated carbocycles. The number of thiazole rings is 1. The summed E-state index contributed by atoms with van der Waals surface area (Å²) in [6.45, 7) is 4.45. The number of aromatic nitrogens is 1. The standard InChI is InChI=1S/C15H28N2S/c1-3-5-6-7-8-9-10-12-13-15(16)18-14(17-13)11-4-2/h3-12,16H2,1-2H3. The van der Waals surface area contributed by atoms with E-state index in [1.165, 1.54) is 50.0 Å². The number of rotatable bonds is 10.